The number of hydrogen-bond donors (Lipinski definition) is 1. The summed E-state index contributed by atoms with van der Waals surface area (Å²) in [4.78, 5) is 1.20. The maximum Gasteiger partial charge on any atom is 0.0885 e. The molecule has 0 saturated carbocycles. The number of rotatable bonds is 0. The topological polar surface area (TPSA) is 20.2 Å². The van der Waals surface area contributed by atoms with Crippen molar-refractivity contribution in [1.82, 2.24) is 0 Å². The van der Waals surface area contributed by atoms with E-state index in [2.05, 4.69) is 31.2 Å². The fraction of sp³-hybridized carbons (Fsp3) is 0.385. The zero-order valence-electron chi connectivity index (χ0n) is 8.73. The molecule has 0 bridgehead atoms. The van der Waals surface area contributed by atoms with Crippen molar-refractivity contribution in [1.29, 1.82) is 0 Å². The van der Waals surface area contributed by atoms with E-state index in [9.17, 15) is 5.11 Å². The average Bonchev–Trinajstić information content (AvgIpc) is 2.64. The Morgan fingerprint density at radius 1 is 1.27 bits per heavy atom. The fourth-order valence-electron chi connectivity index (χ4n) is 2.52. The van der Waals surface area contributed by atoms with Gasteiger partial charge in [-0.1, -0.05) is 25.1 Å². The molecular formula is C13H14OS. The van der Waals surface area contributed by atoms with E-state index in [1.165, 1.54) is 20.5 Å². The molecule has 1 aromatic heterocycles. The van der Waals surface area contributed by atoms with Gasteiger partial charge >= 0.3 is 0 Å². The van der Waals surface area contributed by atoms with Crippen LogP contribution in [0.3, 0.4) is 0 Å². The van der Waals surface area contributed by atoms with Crippen molar-refractivity contribution < 1.29 is 5.11 Å². The lowest BCUT2D eigenvalue weighted by Crippen LogP contribution is -2.09. The molecule has 1 aliphatic rings. The summed E-state index contributed by atoms with van der Waals surface area (Å²) in [6, 6.07) is 8.49. The lowest BCUT2D eigenvalue weighted by Gasteiger charge is -2.23. The van der Waals surface area contributed by atoms with Crippen LogP contribution >= 0.6 is 11.3 Å². The maximum absolute atomic E-state index is 9.99. The molecule has 0 saturated heterocycles. The second kappa shape index (κ2) is 3.32. The zero-order chi connectivity index (χ0) is 10.4. The molecule has 78 valence electrons. The fourth-order valence-corrected chi connectivity index (χ4v) is 3.87. The zero-order valence-corrected chi connectivity index (χ0v) is 9.55. The molecule has 1 N–H and O–H groups in total. The molecule has 3 rings (SSSR count). The largest absolute Gasteiger partial charge is 0.388 e. The molecular weight excluding hydrogens is 204 g/mol. The van der Waals surface area contributed by atoms with Crippen LogP contribution in [0, 0.1) is 0 Å². The van der Waals surface area contributed by atoms with E-state index in [1.807, 2.05) is 0 Å². The number of benzene rings is 1. The third-order valence-electron chi connectivity index (χ3n) is 3.33. The van der Waals surface area contributed by atoms with E-state index < -0.39 is 0 Å². The van der Waals surface area contributed by atoms with Gasteiger partial charge in [-0.05, 0) is 35.8 Å². The molecule has 0 radical (unpaired) electrons. The van der Waals surface area contributed by atoms with Crippen molar-refractivity contribution in [2.24, 2.45) is 0 Å². The van der Waals surface area contributed by atoms with Crippen LogP contribution < -0.4 is 0 Å². The minimum atomic E-state index is -0.228. The van der Waals surface area contributed by atoms with Crippen LogP contribution in [0.4, 0.5) is 0 Å². The van der Waals surface area contributed by atoms with Crippen LogP contribution in [0.1, 0.15) is 42.2 Å². The van der Waals surface area contributed by atoms with E-state index in [1.54, 1.807) is 11.3 Å². The molecule has 2 atom stereocenters. The number of aliphatic hydroxyl groups excluding tert-OH is 1. The first-order valence-electron chi connectivity index (χ1n) is 5.46. The van der Waals surface area contributed by atoms with Gasteiger partial charge in [0, 0.05) is 9.58 Å². The molecule has 0 amide bonds. The summed E-state index contributed by atoms with van der Waals surface area (Å²) in [6.07, 6.45) is 1.80. The predicted molar refractivity (Wildman–Crippen MR) is 64.4 cm³/mol. The van der Waals surface area contributed by atoms with Crippen LogP contribution in [0.15, 0.2) is 24.3 Å². The van der Waals surface area contributed by atoms with Gasteiger partial charge in [-0.15, -0.1) is 11.3 Å². The molecule has 2 aromatic rings. The highest BCUT2D eigenvalue weighted by Crippen LogP contribution is 2.45. The third kappa shape index (κ3) is 1.32. The normalized spacial score (nSPS) is 25.5. The monoisotopic (exact) mass is 218 g/mol. The first-order chi connectivity index (χ1) is 7.27. The minimum absolute atomic E-state index is 0.228. The number of thiophene rings is 1. The summed E-state index contributed by atoms with van der Waals surface area (Å²) >= 11 is 1.76. The Kier molecular flexibility index (Phi) is 2.08. The number of fused-ring (bicyclic) bond motifs is 3. The van der Waals surface area contributed by atoms with E-state index in [-0.39, 0.29) is 6.10 Å². The third-order valence-corrected chi connectivity index (χ3v) is 4.62. The molecule has 1 unspecified atom stereocenters. The Hall–Kier alpha value is -0.860. The highest BCUT2D eigenvalue weighted by molar-refractivity contribution is 7.19. The highest BCUT2D eigenvalue weighted by Gasteiger charge is 2.27. The molecule has 0 aliphatic heterocycles. The van der Waals surface area contributed by atoms with E-state index >= 15 is 0 Å². The van der Waals surface area contributed by atoms with Crippen molar-refractivity contribution in [3.05, 3.63) is 34.7 Å². The van der Waals surface area contributed by atoms with E-state index in [4.69, 9.17) is 0 Å². The second-order valence-corrected chi connectivity index (χ2v) is 5.45. The molecule has 2 heteroatoms. The smallest absolute Gasteiger partial charge is 0.0885 e. The van der Waals surface area contributed by atoms with Gasteiger partial charge in [0.2, 0.25) is 0 Å². The van der Waals surface area contributed by atoms with Crippen molar-refractivity contribution >= 4 is 21.4 Å². The van der Waals surface area contributed by atoms with Gasteiger partial charge < -0.3 is 5.11 Å². The van der Waals surface area contributed by atoms with Gasteiger partial charge in [-0.2, -0.15) is 0 Å². The molecule has 1 nitrogen and oxygen atoms in total. The van der Waals surface area contributed by atoms with Gasteiger partial charge in [0.05, 0.1) is 6.10 Å². The van der Waals surface area contributed by atoms with Crippen LogP contribution in [0.2, 0.25) is 0 Å². The van der Waals surface area contributed by atoms with Crippen LogP contribution in [-0.4, -0.2) is 5.11 Å². The summed E-state index contributed by atoms with van der Waals surface area (Å²) < 4.78 is 1.32. The Labute approximate surface area is 93.4 Å². The summed E-state index contributed by atoms with van der Waals surface area (Å²) in [5.74, 6) is 0.597. The van der Waals surface area contributed by atoms with Crippen LogP contribution in [-0.2, 0) is 0 Å². The summed E-state index contributed by atoms with van der Waals surface area (Å²) in [7, 11) is 0. The molecule has 0 spiro atoms. The van der Waals surface area contributed by atoms with E-state index in [0.717, 1.165) is 12.8 Å². The maximum atomic E-state index is 9.99. The Morgan fingerprint density at radius 2 is 2.07 bits per heavy atom. The standard InChI is InChI=1S/C13H14OS/c1-8-6-7-10(14)13-12(8)9-4-2-3-5-11(9)15-13/h2-5,8,10,14H,6-7H2,1H3/t8?,10-/m1/s1. The van der Waals surface area contributed by atoms with Crippen molar-refractivity contribution in [3.63, 3.8) is 0 Å². The van der Waals surface area contributed by atoms with Crippen molar-refractivity contribution in [3.8, 4) is 0 Å². The van der Waals surface area contributed by atoms with Gasteiger partial charge in [0.25, 0.3) is 0 Å². The summed E-state index contributed by atoms with van der Waals surface area (Å²) in [6.45, 7) is 2.27. The predicted octanol–water partition coefficient (Wildman–Crippen LogP) is 3.83. The number of hydrogen-bond acceptors (Lipinski definition) is 2. The quantitative estimate of drug-likeness (QED) is 0.712. The summed E-state index contributed by atoms with van der Waals surface area (Å²) in [5, 5.41) is 11.3. The Morgan fingerprint density at radius 3 is 2.93 bits per heavy atom. The van der Waals surface area contributed by atoms with Crippen molar-refractivity contribution in [2.75, 3.05) is 0 Å². The summed E-state index contributed by atoms with van der Waals surface area (Å²) in [5.41, 5.74) is 1.40. The number of aliphatic hydroxyl groups is 1. The molecule has 1 aromatic carbocycles. The SMILES string of the molecule is CC1CC[C@@H](O)c2sc3ccccc3c21. The van der Waals surface area contributed by atoms with Crippen LogP contribution in [0.5, 0.6) is 0 Å². The highest BCUT2D eigenvalue weighted by atomic mass is 32.1. The van der Waals surface area contributed by atoms with Gasteiger partial charge in [-0.3, -0.25) is 0 Å². The molecule has 1 aliphatic carbocycles. The van der Waals surface area contributed by atoms with Gasteiger partial charge in [0.1, 0.15) is 0 Å². The first-order valence-corrected chi connectivity index (χ1v) is 6.28. The Balaban J connectivity index is 2.34. The minimum Gasteiger partial charge on any atom is -0.388 e. The van der Waals surface area contributed by atoms with Gasteiger partial charge in [0.15, 0.2) is 0 Å². The molecule has 0 fully saturated rings. The molecule has 1 heterocycles. The van der Waals surface area contributed by atoms with E-state index in [0.29, 0.717) is 5.92 Å². The lowest BCUT2D eigenvalue weighted by molar-refractivity contribution is 0.156. The van der Waals surface area contributed by atoms with Crippen molar-refractivity contribution in [2.45, 2.75) is 31.8 Å². The average molecular weight is 218 g/mol. The second-order valence-electron chi connectivity index (χ2n) is 4.37. The van der Waals surface area contributed by atoms with Crippen LogP contribution in [0.25, 0.3) is 10.1 Å². The molecule has 15 heavy (non-hydrogen) atoms. The van der Waals surface area contributed by atoms with Gasteiger partial charge in [-0.25, -0.2) is 0 Å². The first kappa shape index (κ1) is 9.37. The Bertz CT molecular complexity index is 500. The lowest BCUT2D eigenvalue weighted by atomic mass is 9.86.